The zero-order valence-electron chi connectivity index (χ0n) is 12.7. The summed E-state index contributed by atoms with van der Waals surface area (Å²) < 4.78 is 32.7. The second-order valence-electron chi connectivity index (χ2n) is 5.39. The molecule has 0 atom stereocenters. The molecular weight excluding hydrogens is 338 g/mol. The Balaban J connectivity index is 2.12. The highest BCUT2D eigenvalue weighted by Gasteiger charge is 2.23. The summed E-state index contributed by atoms with van der Waals surface area (Å²) in [4.78, 5) is -0.0301. The number of fused-ring (bicyclic) bond motifs is 1. The number of hydrogen-bond donors (Lipinski definition) is 1. The number of nitrogens with zero attached hydrogens (tertiary/aromatic N) is 2. The van der Waals surface area contributed by atoms with Crippen molar-refractivity contribution in [3.05, 3.63) is 46.0 Å². The average molecular weight is 352 g/mol. The molecule has 8 heteroatoms. The summed E-state index contributed by atoms with van der Waals surface area (Å²) >= 11 is 5.97. The number of aromatic nitrogens is 2. The number of aryl methyl sites for hydroxylation is 3. The lowest BCUT2D eigenvalue weighted by Gasteiger charge is -2.14. The van der Waals surface area contributed by atoms with Gasteiger partial charge in [0.25, 0.3) is 10.0 Å². The van der Waals surface area contributed by atoms with Gasteiger partial charge in [-0.1, -0.05) is 29.3 Å². The monoisotopic (exact) mass is 351 g/mol. The highest BCUT2D eigenvalue weighted by Crippen LogP contribution is 2.30. The highest BCUT2D eigenvalue weighted by atomic mass is 35.5. The minimum Gasteiger partial charge on any atom is -0.279 e. The van der Waals surface area contributed by atoms with Crippen molar-refractivity contribution in [1.82, 2.24) is 10.3 Å². The lowest BCUT2D eigenvalue weighted by atomic mass is 10.1. The maximum Gasteiger partial charge on any atom is 0.264 e. The van der Waals surface area contributed by atoms with Gasteiger partial charge < -0.3 is 0 Å². The molecule has 6 nitrogen and oxygen atoms in total. The Bertz CT molecular complexity index is 989. The van der Waals surface area contributed by atoms with Crippen LogP contribution < -0.4 is 4.72 Å². The summed E-state index contributed by atoms with van der Waals surface area (Å²) in [6, 6.07) is 6.67. The van der Waals surface area contributed by atoms with E-state index in [4.69, 9.17) is 11.6 Å². The van der Waals surface area contributed by atoms with Gasteiger partial charge in [0.05, 0.1) is 10.7 Å². The Morgan fingerprint density at radius 1 is 1.04 bits per heavy atom. The van der Waals surface area contributed by atoms with Crippen molar-refractivity contribution < 1.29 is 13.0 Å². The van der Waals surface area contributed by atoms with Crippen LogP contribution in [0, 0.1) is 20.8 Å². The van der Waals surface area contributed by atoms with Crippen LogP contribution in [0.5, 0.6) is 0 Å². The van der Waals surface area contributed by atoms with E-state index in [9.17, 15) is 8.42 Å². The molecule has 120 valence electrons. The zero-order chi connectivity index (χ0) is 16.8. The summed E-state index contributed by atoms with van der Waals surface area (Å²) in [7, 11) is -3.86. The van der Waals surface area contributed by atoms with Crippen molar-refractivity contribution in [1.29, 1.82) is 0 Å². The van der Waals surface area contributed by atoms with E-state index in [1.54, 1.807) is 0 Å². The third-order valence-electron chi connectivity index (χ3n) is 3.53. The minimum atomic E-state index is -3.86. The predicted octanol–water partition coefficient (Wildman–Crippen LogP) is 3.60. The first-order chi connectivity index (χ1) is 10.8. The Labute approximate surface area is 138 Å². The first kappa shape index (κ1) is 15.8. The summed E-state index contributed by atoms with van der Waals surface area (Å²) in [6.45, 7) is 5.67. The van der Waals surface area contributed by atoms with Crippen LogP contribution in [0.25, 0.3) is 11.0 Å². The Morgan fingerprint density at radius 3 is 2.30 bits per heavy atom. The van der Waals surface area contributed by atoms with Crippen molar-refractivity contribution in [2.24, 2.45) is 0 Å². The Kier molecular flexibility index (Phi) is 3.77. The van der Waals surface area contributed by atoms with Gasteiger partial charge in [0.15, 0.2) is 11.0 Å². The van der Waals surface area contributed by atoms with Crippen LogP contribution in [0.1, 0.15) is 16.7 Å². The number of benzene rings is 2. The quantitative estimate of drug-likeness (QED) is 0.779. The molecule has 0 fully saturated rings. The van der Waals surface area contributed by atoms with Crippen LogP contribution in [0.3, 0.4) is 0 Å². The van der Waals surface area contributed by atoms with Crippen LogP contribution in [0.4, 0.5) is 5.69 Å². The second-order valence-corrected chi connectivity index (χ2v) is 7.44. The SMILES string of the molecule is Cc1cc(C)c(NS(=O)(=O)c2ccc(Cl)c3nonc23)c(C)c1. The first-order valence-electron chi connectivity index (χ1n) is 6.81. The molecule has 0 aliphatic carbocycles. The van der Waals surface area contributed by atoms with E-state index in [-0.39, 0.29) is 21.0 Å². The van der Waals surface area contributed by atoms with E-state index < -0.39 is 10.0 Å². The number of sulfonamides is 1. The molecule has 1 N–H and O–H groups in total. The Hall–Kier alpha value is -2.12. The smallest absolute Gasteiger partial charge is 0.264 e. The molecule has 23 heavy (non-hydrogen) atoms. The van der Waals surface area contributed by atoms with Crippen LogP contribution in [-0.2, 0) is 10.0 Å². The largest absolute Gasteiger partial charge is 0.279 e. The number of anilines is 1. The molecule has 0 aliphatic heterocycles. The number of halogens is 1. The van der Waals surface area contributed by atoms with Crippen LogP contribution in [-0.4, -0.2) is 18.7 Å². The van der Waals surface area contributed by atoms with Crippen molar-refractivity contribution in [3.8, 4) is 0 Å². The molecule has 0 radical (unpaired) electrons. The molecule has 1 heterocycles. The maximum atomic E-state index is 12.8. The molecular formula is C15H14ClN3O3S. The average Bonchev–Trinajstić information content (AvgIpc) is 2.93. The first-order valence-corrected chi connectivity index (χ1v) is 8.67. The number of rotatable bonds is 3. The predicted molar refractivity (Wildman–Crippen MR) is 88.3 cm³/mol. The molecule has 0 spiro atoms. The molecule has 0 bridgehead atoms. The minimum absolute atomic E-state index is 0.0301. The fourth-order valence-corrected chi connectivity index (χ4v) is 4.08. The van der Waals surface area contributed by atoms with Crippen molar-refractivity contribution in [2.75, 3.05) is 4.72 Å². The molecule has 0 unspecified atom stereocenters. The molecule has 3 aromatic rings. The van der Waals surface area contributed by atoms with Gasteiger partial charge in [-0.2, -0.15) is 0 Å². The van der Waals surface area contributed by atoms with Crippen LogP contribution in [0.15, 0.2) is 33.8 Å². The van der Waals surface area contributed by atoms with Gasteiger partial charge in [0.1, 0.15) is 4.90 Å². The fraction of sp³-hybridized carbons (Fsp3) is 0.200. The van der Waals surface area contributed by atoms with E-state index in [0.717, 1.165) is 16.7 Å². The standard InChI is InChI=1S/C15H14ClN3O3S/c1-8-6-9(2)13(10(3)7-8)19-23(20,21)12-5-4-11(16)14-15(12)18-22-17-14/h4-7,19H,1-3H3. The van der Waals surface area contributed by atoms with E-state index in [1.165, 1.54) is 12.1 Å². The van der Waals surface area contributed by atoms with E-state index in [2.05, 4.69) is 19.7 Å². The lowest BCUT2D eigenvalue weighted by Crippen LogP contribution is -2.15. The molecule has 0 amide bonds. The van der Waals surface area contributed by atoms with Crippen LogP contribution >= 0.6 is 11.6 Å². The third-order valence-corrected chi connectivity index (χ3v) is 5.22. The summed E-state index contributed by atoms with van der Waals surface area (Å²) in [5, 5.41) is 7.57. The van der Waals surface area contributed by atoms with Gasteiger partial charge in [-0.25, -0.2) is 13.0 Å². The molecule has 0 saturated heterocycles. The highest BCUT2D eigenvalue weighted by molar-refractivity contribution is 7.93. The van der Waals surface area contributed by atoms with E-state index in [1.807, 2.05) is 32.9 Å². The summed E-state index contributed by atoms with van der Waals surface area (Å²) in [5.41, 5.74) is 3.62. The van der Waals surface area contributed by atoms with Gasteiger partial charge in [-0.3, -0.25) is 4.72 Å². The van der Waals surface area contributed by atoms with Gasteiger partial charge in [-0.15, -0.1) is 0 Å². The normalized spacial score (nSPS) is 11.8. The molecule has 2 aromatic carbocycles. The number of hydrogen-bond acceptors (Lipinski definition) is 5. The molecule has 1 aromatic heterocycles. The van der Waals surface area contributed by atoms with Crippen LogP contribution in [0.2, 0.25) is 5.02 Å². The Morgan fingerprint density at radius 2 is 1.65 bits per heavy atom. The summed E-state index contributed by atoms with van der Waals surface area (Å²) in [5.74, 6) is 0. The second kappa shape index (κ2) is 5.50. The lowest BCUT2D eigenvalue weighted by molar-refractivity contribution is 0.315. The van der Waals surface area contributed by atoms with E-state index >= 15 is 0 Å². The fourth-order valence-electron chi connectivity index (χ4n) is 2.56. The molecule has 0 saturated carbocycles. The van der Waals surface area contributed by atoms with Crippen molar-refractivity contribution >= 4 is 38.3 Å². The van der Waals surface area contributed by atoms with Gasteiger partial charge >= 0.3 is 0 Å². The van der Waals surface area contributed by atoms with Crippen molar-refractivity contribution in [3.63, 3.8) is 0 Å². The van der Waals surface area contributed by atoms with E-state index in [0.29, 0.717) is 5.69 Å². The third kappa shape index (κ3) is 2.77. The maximum absolute atomic E-state index is 12.8. The zero-order valence-corrected chi connectivity index (χ0v) is 14.3. The molecule has 0 aliphatic rings. The topological polar surface area (TPSA) is 85.1 Å². The number of nitrogens with one attached hydrogen (secondary N) is 1. The van der Waals surface area contributed by atoms with Gasteiger partial charge in [0.2, 0.25) is 0 Å². The molecule has 3 rings (SSSR count). The summed E-state index contributed by atoms with van der Waals surface area (Å²) in [6.07, 6.45) is 0. The van der Waals surface area contributed by atoms with Gasteiger partial charge in [-0.05, 0) is 54.3 Å². The van der Waals surface area contributed by atoms with Gasteiger partial charge in [0, 0.05) is 0 Å². The van der Waals surface area contributed by atoms with Crippen molar-refractivity contribution in [2.45, 2.75) is 25.7 Å².